The lowest BCUT2D eigenvalue weighted by Gasteiger charge is -2.07. The number of aliphatic hydroxyl groups excluding tert-OH is 1. The first-order valence-corrected chi connectivity index (χ1v) is 5.02. The van der Waals surface area contributed by atoms with Crippen molar-refractivity contribution in [1.82, 2.24) is 0 Å². The molecule has 0 unspecified atom stereocenters. The molecule has 0 spiro atoms. The van der Waals surface area contributed by atoms with Gasteiger partial charge in [0.05, 0.1) is 18.8 Å². The summed E-state index contributed by atoms with van der Waals surface area (Å²) in [5.74, 6) is 0.775. The fourth-order valence-corrected chi connectivity index (χ4v) is 1.18. The van der Waals surface area contributed by atoms with Gasteiger partial charge in [-0.25, -0.2) is 0 Å². The van der Waals surface area contributed by atoms with Gasteiger partial charge in [-0.2, -0.15) is 5.26 Å². The van der Waals surface area contributed by atoms with E-state index in [2.05, 4.69) is 6.07 Å². The SMILES string of the molecule is C[C@H](O)c1ccc(OCCCC#N)cc1. The predicted octanol–water partition coefficient (Wildman–Crippen LogP) is 2.42. The molecule has 1 atom stereocenters. The minimum atomic E-state index is -0.447. The van der Waals surface area contributed by atoms with Crippen LogP contribution in [0.4, 0.5) is 0 Å². The van der Waals surface area contributed by atoms with Gasteiger partial charge in [0.25, 0.3) is 0 Å². The minimum absolute atomic E-state index is 0.447. The molecule has 3 heteroatoms. The van der Waals surface area contributed by atoms with Crippen molar-refractivity contribution < 1.29 is 9.84 Å². The van der Waals surface area contributed by atoms with Crippen molar-refractivity contribution in [2.45, 2.75) is 25.9 Å². The van der Waals surface area contributed by atoms with E-state index in [1.165, 1.54) is 0 Å². The molecule has 0 amide bonds. The van der Waals surface area contributed by atoms with Crippen LogP contribution >= 0.6 is 0 Å². The Hall–Kier alpha value is -1.53. The number of unbranched alkanes of at least 4 members (excludes halogenated alkanes) is 1. The molecule has 80 valence electrons. The molecule has 0 radical (unpaired) electrons. The fourth-order valence-electron chi connectivity index (χ4n) is 1.18. The summed E-state index contributed by atoms with van der Waals surface area (Å²) in [4.78, 5) is 0. The smallest absolute Gasteiger partial charge is 0.119 e. The van der Waals surface area contributed by atoms with Crippen LogP contribution in [0.3, 0.4) is 0 Å². The van der Waals surface area contributed by atoms with E-state index >= 15 is 0 Å². The second-order valence-corrected chi connectivity index (χ2v) is 3.36. The Morgan fingerprint density at radius 1 is 1.40 bits per heavy atom. The van der Waals surface area contributed by atoms with E-state index in [-0.39, 0.29) is 0 Å². The number of nitriles is 1. The van der Waals surface area contributed by atoms with Crippen molar-refractivity contribution in [2.24, 2.45) is 0 Å². The molecule has 3 nitrogen and oxygen atoms in total. The van der Waals surface area contributed by atoms with E-state index in [0.717, 1.165) is 17.7 Å². The number of ether oxygens (including phenoxy) is 1. The van der Waals surface area contributed by atoms with Gasteiger partial charge in [0.15, 0.2) is 0 Å². The van der Waals surface area contributed by atoms with Crippen LogP contribution in [-0.4, -0.2) is 11.7 Å². The summed E-state index contributed by atoms with van der Waals surface area (Å²) in [5, 5.41) is 17.6. The normalized spacial score (nSPS) is 11.8. The number of hydrogen-bond donors (Lipinski definition) is 1. The third-order valence-electron chi connectivity index (χ3n) is 2.06. The first-order chi connectivity index (χ1) is 7.24. The first kappa shape index (κ1) is 11.5. The third-order valence-corrected chi connectivity index (χ3v) is 2.06. The molecule has 0 aliphatic rings. The molecule has 1 aromatic rings. The fraction of sp³-hybridized carbons (Fsp3) is 0.417. The summed E-state index contributed by atoms with van der Waals surface area (Å²) in [5.41, 5.74) is 0.874. The highest BCUT2D eigenvalue weighted by molar-refractivity contribution is 5.28. The molecule has 15 heavy (non-hydrogen) atoms. The second kappa shape index (κ2) is 6.05. The molecule has 0 heterocycles. The Kier molecular flexibility index (Phi) is 4.65. The summed E-state index contributed by atoms with van der Waals surface area (Å²) in [6, 6.07) is 9.40. The monoisotopic (exact) mass is 205 g/mol. The molecule has 0 aromatic heterocycles. The van der Waals surface area contributed by atoms with Crippen LogP contribution < -0.4 is 4.74 Å². The van der Waals surface area contributed by atoms with E-state index in [0.29, 0.717) is 13.0 Å². The molecule has 0 saturated heterocycles. The van der Waals surface area contributed by atoms with Gasteiger partial charge in [-0.1, -0.05) is 12.1 Å². The van der Waals surface area contributed by atoms with Crippen LogP contribution in [0.5, 0.6) is 5.75 Å². The summed E-state index contributed by atoms with van der Waals surface area (Å²) >= 11 is 0. The number of aliphatic hydroxyl groups is 1. The lowest BCUT2D eigenvalue weighted by Crippen LogP contribution is -1.97. The average Bonchev–Trinajstić information content (AvgIpc) is 2.25. The zero-order valence-electron chi connectivity index (χ0n) is 8.81. The van der Waals surface area contributed by atoms with Gasteiger partial charge in [0.2, 0.25) is 0 Å². The molecule has 1 aromatic carbocycles. The number of nitrogens with zero attached hydrogens (tertiary/aromatic N) is 1. The van der Waals surface area contributed by atoms with Crippen molar-refractivity contribution >= 4 is 0 Å². The van der Waals surface area contributed by atoms with Crippen LogP contribution in [0.1, 0.15) is 31.4 Å². The maximum absolute atomic E-state index is 9.28. The molecule has 0 bridgehead atoms. The Morgan fingerprint density at radius 2 is 2.07 bits per heavy atom. The molecular formula is C12H15NO2. The molecule has 1 N–H and O–H groups in total. The Balaban J connectivity index is 2.40. The summed E-state index contributed by atoms with van der Waals surface area (Å²) in [6.07, 6.45) is 0.818. The quantitative estimate of drug-likeness (QED) is 0.751. The number of rotatable bonds is 5. The zero-order chi connectivity index (χ0) is 11.1. The van der Waals surface area contributed by atoms with E-state index < -0.39 is 6.10 Å². The second-order valence-electron chi connectivity index (χ2n) is 3.36. The number of benzene rings is 1. The van der Waals surface area contributed by atoms with Crippen molar-refractivity contribution in [3.05, 3.63) is 29.8 Å². The minimum Gasteiger partial charge on any atom is -0.494 e. The summed E-state index contributed by atoms with van der Waals surface area (Å²) in [7, 11) is 0. The molecule has 1 rings (SSSR count). The van der Waals surface area contributed by atoms with Gasteiger partial charge < -0.3 is 9.84 Å². The van der Waals surface area contributed by atoms with E-state index in [9.17, 15) is 5.11 Å². The van der Waals surface area contributed by atoms with Crippen molar-refractivity contribution in [1.29, 1.82) is 5.26 Å². The van der Waals surface area contributed by atoms with Crippen LogP contribution in [0.15, 0.2) is 24.3 Å². The maximum atomic E-state index is 9.28. The molecule has 0 aliphatic carbocycles. The zero-order valence-corrected chi connectivity index (χ0v) is 8.81. The van der Waals surface area contributed by atoms with Crippen LogP contribution in [0.25, 0.3) is 0 Å². The van der Waals surface area contributed by atoms with Gasteiger partial charge in [-0.15, -0.1) is 0 Å². The topological polar surface area (TPSA) is 53.2 Å². The molecule has 0 aliphatic heterocycles. The maximum Gasteiger partial charge on any atom is 0.119 e. The van der Waals surface area contributed by atoms with Crippen molar-refractivity contribution in [3.63, 3.8) is 0 Å². The van der Waals surface area contributed by atoms with Gasteiger partial charge in [-0.05, 0) is 31.0 Å². The Labute approximate surface area is 89.9 Å². The third kappa shape index (κ3) is 4.01. The van der Waals surface area contributed by atoms with Crippen molar-refractivity contribution in [3.8, 4) is 11.8 Å². The van der Waals surface area contributed by atoms with Gasteiger partial charge in [0, 0.05) is 6.42 Å². The van der Waals surface area contributed by atoms with E-state index in [1.54, 1.807) is 6.92 Å². The molecule has 0 saturated carbocycles. The first-order valence-electron chi connectivity index (χ1n) is 5.02. The van der Waals surface area contributed by atoms with Crippen LogP contribution in [0, 0.1) is 11.3 Å². The Bertz CT molecular complexity index is 324. The standard InChI is InChI=1S/C12H15NO2/c1-10(14)11-4-6-12(7-5-11)15-9-3-2-8-13/h4-7,10,14H,2-3,9H2,1H3/t10-/m0/s1. The van der Waals surface area contributed by atoms with Crippen LogP contribution in [0.2, 0.25) is 0 Å². The highest BCUT2D eigenvalue weighted by atomic mass is 16.5. The van der Waals surface area contributed by atoms with Gasteiger partial charge in [0.1, 0.15) is 5.75 Å². The summed E-state index contributed by atoms with van der Waals surface area (Å²) < 4.78 is 5.41. The van der Waals surface area contributed by atoms with Gasteiger partial charge in [-0.3, -0.25) is 0 Å². The van der Waals surface area contributed by atoms with E-state index in [4.69, 9.17) is 10.00 Å². The predicted molar refractivity (Wildman–Crippen MR) is 57.4 cm³/mol. The molecule has 0 fully saturated rings. The lowest BCUT2D eigenvalue weighted by atomic mass is 10.1. The number of hydrogen-bond acceptors (Lipinski definition) is 3. The average molecular weight is 205 g/mol. The highest BCUT2D eigenvalue weighted by Gasteiger charge is 2.00. The Morgan fingerprint density at radius 3 is 2.60 bits per heavy atom. The molecular weight excluding hydrogens is 190 g/mol. The van der Waals surface area contributed by atoms with Crippen LogP contribution in [-0.2, 0) is 0 Å². The van der Waals surface area contributed by atoms with Gasteiger partial charge >= 0.3 is 0 Å². The van der Waals surface area contributed by atoms with Crippen molar-refractivity contribution in [2.75, 3.05) is 6.61 Å². The highest BCUT2D eigenvalue weighted by Crippen LogP contribution is 2.17. The largest absolute Gasteiger partial charge is 0.494 e. The lowest BCUT2D eigenvalue weighted by molar-refractivity contribution is 0.199. The summed E-state index contributed by atoms with van der Waals surface area (Å²) in [6.45, 7) is 2.28. The van der Waals surface area contributed by atoms with E-state index in [1.807, 2.05) is 24.3 Å².